The first-order chi connectivity index (χ1) is 8.00. The predicted molar refractivity (Wildman–Crippen MR) is 87.2 cm³/mol. The summed E-state index contributed by atoms with van der Waals surface area (Å²) in [6.45, 7) is 11.7. The van der Waals surface area contributed by atoms with Crippen LogP contribution < -0.4 is 0 Å². The molecule has 1 atom stereocenters. The molecule has 0 saturated heterocycles. The highest BCUT2D eigenvalue weighted by atomic mass is 27.0. The first-order valence-corrected chi connectivity index (χ1v) is 7.05. The third-order valence-electron chi connectivity index (χ3n) is 3.58. The molecule has 0 fully saturated rings. The third-order valence-corrected chi connectivity index (χ3v) is 3.58. The van der Waals surface area contributed by atoms with Crippen molar-refractivity contribution < 1.29 is 0 Å². The molecular weight excluding hydrogens is 231 g/mol. The van der Waals surface area contributed by atoms with Crippen LogP contribution in [0.3, 0.4) is 0 Å². The van der Waals surface area contributed by atoms with Crippen LogP contribution in [-0.4, -0.2) is 17.4 Å². The molecule has 0 amide bonds. The van der Waals surface area contributed by atoms with Crippen LogP contribution in [0.2, 0.25) is 0 Å². The largest absolute Gasteiger partial charge is 0.187 e. The molecule has 0 saturated carbocycles. The summed E-state index contributed by atoms with van der Waals surface area (Å²) >= 11 is 0. The smallest absolute Gasteiger partial charge is 0.0628 e. The van der Waals surface area contributed by atoms with Gasteiger partial charge in [0.15, 0.2) is 17.4 Å². The summed E-state index contributed by atoms with van der Waals surface area (Å²) in [6, 6.07) is 11.0. The lowest BCUT2D eigenvalue weighted by atomic mass is 9.78. The van der Waals surface area contributed by atoms with Crippen LogP contribution in [0.15, 0.2) is 30.3 Å². The van der Waals surface area contributed by atoms with Gasteiger partial charge in [0.1, 0.15) is 0 Å². The minimum Gasteiger partial charge on any atom is -0.0628 e. The molecule has 102 valence electrons. The van der Waals surface area contributed by atoms with Gasteiger partial charge in [-0.1, -0.05) is 65.0 Å². The van der Waals surface area contributed by atoms with E-state index in [4.69, 9.17) is 0 Å². The fourth-order valence-corrected chi connectivity index (χ4v) is 2.74. The number of hydrogen-bond donors (Lipinski definition) is 0. The average molecular weight is 262 g/mol. The van der Waals surface area contributed by atoms with Crippen molar-refractivity contribution in [2.45, 2.75) is 53.4 Å². The predicted octanol–water partition coefficient (Wildman–Crippen LogP) is 4.31. The van der Waals surface area contributed by atoms with Crippen molar-refractivity contribution in [2.24, 2.45) is 17.8 Å². The Morgan fingerprint density at radius 1 is 0.778 bits per heavy atom. The van der Waals surface area contributed by atoms with Gasteiger partial charge in [-0.2, -0.15) is 0 Å². The van der Waals surface area contributed by atoms with E-state index in [0.29, 0.717) is 5.92 Å². The minimum absolute atomic E-state index is 0. The van der Waals surface area contributed by atoms with Crippen LogP contribution in [0, 0.1) is 17.8 Å². The number of rotatable bonds is 6. The molecule has 1 aromatic rings. The molecule has 1 aromatic carbocycles. The molecule has 0 nitrogen and oxygen atoms in total. The summed E-state index contributed by atoms with van der Waals surface area (Å²) in [4.78, 5) is 0. The lowest BCUT2D eigenvalue weighted by Crippen LogP contribution is -2.15. The molecule has 0 bridgehead atoms. The Balaban J connectivity index is 0.00000289. The van der Waals surface area contributed by atoms with Crippen molar-refractivity contribution in [1.82, 2.24) is 0 Å². The second kappa shape index (κ2) is 8.79. The Bertz CT molecular complexity index is 293. The lowest BCUT2D eigenvalue weighted by molar-refractivity contribution is 0.303. The van der Waals surface area contributed by atoms with Gasteiger partial charge in [-0.05, 0) is 42.1 Å². The zero-order valence-electron chi connectivity index (χ0n) is 12.1. The maximum Gasteiger partial charge on any atom is 0.187 e. The first-order valence-electron chi connectivity index (χ1n) is 7.05. The summed E-state index contributed by atoms with van der Waals surface area (Å²) in [5.41, 5.74) is 1.50. The van der Waals surface area contributed by atoms with E-state index in [0.717, 1.165) is 17.8 Å². The summed E-state index contributed by atoms with van der Waals surface area (Å²) in [5, 5.41) is 0. The van der Waals surface area contributed by atoms with Gasteiger partial charge in [0.2, 0.25) is 0 Å². The Kier molecular flexibility index (Phi) is 8.66. The van der Waals surface area contributed by atoms with Gasteiger partial charge < -0.3 is 0 Å². The second-order valence-electron chi connectivity index (χ2n) is 6.22. The molecule has 0 N–H and O–H groups in total. The number of hydrogen-bond acceptors (Lipinski definition) is 0. The van der Waals surface area contributed by atoms with Crippen LogP contribution >= 0.6 is 0 Å². The highest BCUT2D eigenvalue weighted by Gasteiger charge is 2.20. The molecule has 0 aliphatic rings. The van der Waals surface area contributed by atoms with E-state index in [1.807, 2.05) is 0 Å². The van der Waals surface area contributed by atoms with Gasteiger partial charge in [0.05, 0.1) is 0 Å². The molecule has 1 rings (SSSR count). The fourth-order valence-electron chi connectivity index (χ4n) is 2.74. The lowest BCUT2D eigenvalue weighted by Gasteiger charge is -2.27. The van der Waals surface area contributed by atoms with Crippen LogP contribution in [0.25, 0.3) is 0 Å². The highest BCUT2D eigenvalue weighted by molar-refractivity contribution is 5.75. The molecule has 1 heteroatoms. The molecule has 0 aliphatic carbocycles. The maximum absolute atomic E-state index is 2.39. The molecule has 1 unspecified atom stereocenters. The minimum atomic E-state index is 0. The SMILES string of the molecule is CC(C)CC(CC(C)C)C(C)c1ccccc1.[AlH3]. The summed E-state index contributed by atoms with van der Waals surface area (Å²) in [7, 11) is 0. The van der Waals surface area contributed by atoms with E-state index in [1.54, 1.807) is 0 Å². The van der Waals surface area contributed by atoms with Gasteiger partial charge in [0.25, 0.3) is 0 Å². The summed E-state index contributed by atoms with van der Waals surface area (Å²) < 4.78 is 0. The Labute approximate surface area is 124 Å². The van der Waals surface area contributed by atoms with Gasteiger partial charge >= 0.3 is 0 Å². The molecule has 0 aliphatic heterocycles. The molecule has 0 heterocycles. The van der Waals surface area contributed by atoms with Gasteiger partial charge in [-0.15, -0.1) is 0 Å². The highest BCUT2D eigenvalue weighted by Crippen LogP contribution is 2.33. The molecule has 0 spiro atoms. The Hall–Kier alpha value is -0.248. The average Bonchev–Trinajstić information content (AvgIpc) is 2.27. The van der Waals surface area contributed by atoms with Crippen molar-refractivity contribution in [3.05, 3.63) is 35.9 Å². The molecular formula is C17H31Al. The second-order valence-corrected chi connectivity index (χ2v) is 6.22. The van der Waals surface area contributed by atoms with E-state index in [9.17, 15) is 0 Å². The fraction of sp³-hybridized carbons (Fsp3) is 0.647. The van der Waals surface area contributed by atoms with E-state index in [1.165, 1.54) is 18.4 Å². The van der Waals surface area contributed by atoms with Crippen LogP contribution in [0.1, 0.15) is 58.9 Å². The molecule has 0 radical (unpaired) electrons. The van der Waals surface area contributed by atoms with Gasteiger partial charge in [-0.25, -0.2) is 0 Å². The molecule has 18 heavy (non-hydrogen) atoms. The monoisotopic (exact) mass is 262 g/mol. The summed E-state index contributed by atoms with van der Waals surface area (Å²) in [6.07, 6.45) is 2.68. The van der Waals surface area contributed by atoms with Gasteiger partial charge in [0, 0.05) is 0 Å². The topological polar surface area (TPSA) is 0 Å². The zero-order valence-corrected chi connectivity index (χ0v) is 12.1. The van der Waals surface area contributed by atoms with Crippen molar-refractivity contribution in [2.75, 3.05) is 0 Å². The summed E-state index contributed by atoms with van der Waals surface area (Å²) in [5.74, 6) is 3.09. The van der Waals surface area contributed by atoms with Crippen LogP contribution in [0.5, 0.6) is 0 Å². The van der Waals surface area contributed by atoms with Crippen LogP contribution in [-0.2, 0) is 0 Å². The van der Waals surface area contributed by atoms with E-state index < -0.39 is 0 Å². The normalized spacial score (nSPS) is 12.9. The standard InChI is InChI=1S/C17H28.Al.3H/c1-13(2)11-17(12-14(3)4)15(5)16-9-7-6-8-10-16;;;;/h6-10,13-15,17H,11-12H2,1-5H3;;;;. The third kappa shape index (κ3) is 6.08. The van der Waals surface area contributed by atoms with Gasteiger partial charge in [-0.3, -0.25) is 0 Å². The Morgan fingerprint density at radius 2 is 1.22 bits per heavy atom. The van der Waals surface area contributed by atoms with Crippen molar-refractivity contribution in [1.29, 1.82) is 0 Å². The van der Waals surface area contributed by atoms with Crippen molar-refractivity contribution in [3.63, 3.8) is 0 Å². The van der Waals surface area contributed by atoms with Crippen molar-refractivity contribution >= 4 is 17.4 Å². The van der Waals surface area contributed by atoms with E-state index in [-0.39, 0.29) is 17.4 Å². The number of benzene rings is 1. The van der Waals surface area contributed by atoms with E-state index >= 15 is 0 Å². The zero-order chi connectivity index (χ0) is 12.8. The van der Waals surface area contributed by atoms with Crippen molar-refractivity contribution in [3.8, 4) is 0 Å². The maximum atomic E-state index is 2.39. The Morgan fingerprint density at radius 3 is 1.61 bits per heavy atom. The quantitative estimate of drug-likeness (QED) is 0.670. The first kappa shape index (κ1) is 17.8. The van der Waals surface area contributed by atoms with E-state index in [2.05, 4.69) is 65.0 Å². The van der Waals surface area contributed by atoms with Crippen LogP contribution in [0.4, 0.5) is 0 Å². The molecule has 0 aromatic heterocycles.